The molecular formula is C13H26N2O. The number of carbonyl (C=O) groups is 1. The van der Waals surface area contributed by atoms with Gasteiger partial charge in [-0.2, -0.15) is 0 Å². The second-order valence-electron chi connectivity index (χ2n) is 4.89. The van der Waals surface area contributed by atoms with E-state index >= 15 is 0 Å². The minimum absolute atomic E-state index is 0.322. The molecule has 1 rings (SSSR count). The largest absolute Gasteiger partial charge is 0.343 e. The van der Waals surface area contributed by atoms with Gasteiger partial charge in [-0.25, -0.2) is 0 Å². The van der Waals surface area contributed by atoms with E-state index in [-0.39, 0.29) is 0 Å². The topological polar surface area (TPSA) is 32.3 Å². The lowest BCUT2D eigenvalue weighted by molar-refractivity contribution is -0.133. The van der Waals surface area contributed by atoms with Gasteiger partial charge >= 0.3 is 0 Å². The number of nitrogens with zero attached hydrogens (tertiary/aromatic N) is 1. The van der Waals surface area contributed by atoms with E-state index < -0.39 is 0 Å². The molecule has 0 bridgehead atoms. The number of amides is 1. The zero-order valence-electron chi connectivity index (χ0n) is 11.0. The maximum atomic E-state index is 12.1. The van der Waals surface area contributed by atoms with E-state index in [2.05, 4.69) is 19.2 Å². The highest BCUT2D eigenvalue weighted by molar-refractivity contribution is 5.76. The molecular weight excluding hydrogens is 200 g/mol. The van der Waals surface area contributed by atoms with Crippen molar-refractivity contribution >= 4 is 5.91 Å². The van der Waals surface area contributed by atoms with Gasteiger partial charge < -0.3 is 10.2 Å². The Labute approximate surface area is 99.6 Å². The van der Waals surface area contributed by atoms with Crippen molar-refractivity contribution in [3.8, 4) is 0 Å². The molecule has 1 fully saturated rings. The first-order valence-corrected chi connectivity index (χ1v) is 6.65. The molecule has 1 atom stereocenters. The van der Waals surface area contributed by atoms with Crippen molar-refractivity contribution in [1.29, 1.82) is 0 Å². The standard InChI is InChI=1S/C13H26N2O/c1-4-12(5-2)15(3)13(16)9-11-7-6-8-14-10-11/h11-12,14H,4-10H2,1-3H3. The summed E-state index contributed by atoms with van der Waals surface area (Å²) in [6.45, 7) is 6.44. The second kappa shape index (κ2) is 6.89. The number of hydrogen-bond acceptors (Lipinski definition) is 2. The normalized spacial score (nSPS) is 21.1. The van der Waals surface area contributed by atoms with E-state index in [0.29, 0.717) is 17.9 Å². The van der Waals surface area contributed by atoms with Crippen LogP contribution >= 0.6 is 0 Å². The van der Waals surface area contributed by atoms with Crippen molar-refractivity contribution in [1.82, 2.24) is 10.2 Å². The Balaban J connectivity index is 2.37. The van der Waals surface area contributed by atoms with E-state index in [1.54, 1.807) is 0 Å². The number of piperidine rings is 1. The Morgan fingerprint density at radius 3 is 2.62 bits per heavy atom. The molecule has 0 spiro atoms. The average molecular weight is 226 g/mol. The summed E-state index contributed by atoms with van der Waals surface area (Å²) in [7, 11) is 1.95. The summed E-state index contributed by atoms with van der Waals surface area (Å²) in [5.74, 6) is 0.875. The van der Waals surface area contributed by atoms with Crippen molar-refractivity contribution in [3.05, 3.63) is 0 Å². The fourth-order valence-electron chi connectivity index (χ4n) is 2.53. The second-order valence-corrected chi connectivity index (χ2v) is 4.89. The van der Waals surface area contributed by atoms with Crippen LogP contribution in [0.5, 0.6) is 0 Å². The number of nitrogens with one attached hydrogen (secondary N) is 1. The zero-order valence-corrected chi connectivity index (χ0v) is 11.0. The van der Waals surface area contributed by atoms with Gasteiger partial charge in [0.1, 0.15) is 0 Å². The molecule has 1 N–H and O–H groups in total. The highest BCUT2D eigenvalue weighted by atomic mass is 16.2. The molecule has 1 amide bonds. The van der Waals surface area contributed by atoms with Crippen LogP contribution in [0.2, 0.25) is 0 Å². The Morgan fingerprint density at radius 1 is 1.44 bits per heavy atom. The van der Waals surface area contributed by atoms with E-state index in [0.717, 1.165) is 32.4 Å². The van der Waals surface area contributed by atoms with Crippen LogP contribution in [-0.4, -0.2) is 37.0 Å². The molecule has 0 aromatic heterocycles. The molecule has 1 aliphatic heterocycles. The summed E-state index contributed by atoms with van der Waals surface area (Å²) in [6.07, 6.45) is 5.26. The van der Waals surface area contributed by atoms with Gasteiger partial charge in [-0.05, 0) is 44.7 Å². The minimum Gasteiger partial charge on any atom is -0.343 e. The molecule has 0 aliphatic carbocycles. The van der Waals surface area contributed by atoms with Crippen LogP contribution < -0.4 is 5.32 Å². The van der Waals surface area contributed by atoms with Crippen molar-refractivity contribution < 1.29 is 4.79 Å². The molecule has 3 heteroatoms. The van der Waals surface area contributed by atoms with Crippen molar-refractivity contribution in [2.24, 2.45) is 5.92 Å². The summed E-state index contributed by atoms with van der Waals surface area (Å²) >= 11 is 0. The fourth-order valence-corrected chi connectivity index (χ4v) is 2.53. The molecule has 0 aromatic rings. The number of carbonyl (C=O) groups excluding carboxylic acids is 1. The Kier molecular flexibility index (Phi) is 5.81. The zero-order chi connectivity index (χ0) is 12.0. The van der Waals surface area contributed by atoms with Crippen LogP contribution in [0.15, 0.2) is 0 Å². The first-order valence-electron chi connectivity index (χ1n) is 6.65. The quantitative estimate of drug-likeness (QED) is 0.778. The van der Waals surface area contributed by atoms with Gasteiger partial charge in [0.25, 0.3) is 0 Å². The van der Waals surface area contributed by atoms with E-state index in [1.165, 1.54) is 12.8 Å². The van der Waals surface area contributed by atoms with Crippen LogP contribution in [-0.2, 0) is 4.79 Å². The highest BCUT2D eigenvalue weighted by Gasteiger charge is 2.21. The Morgan fingerprint density at radius 2 is 2.12 bits per heavy atom. The maximum absolute atomic E-state index is 12.1. The first-order chi connectivity index (χ1) is 7.69. The summed E-state index contributed by atoms with van der Waals surface area (Å²) in [6, 6.07) is 0.420. The van der Waals surface area contributed by atoms with Gasteiger partial charge in [0, 0.05) is 19.5 Å². The van der Waals surface area contributed by atoms with E-state index in [1.807, 2.05) is 11.9 Å². The average Bonchev–Trinajstić information content (AvgIpc) is 2.31. The van der Waals surface area contributed by atoms with Gasteiger partial charge in [-0.15, -0.1) is 0 Å². The van der Waals surface area contributed by atoms with Gasteiger partial charge in [0.2, 0.25) is 5.91 Å². The minimum atomic E-state index is 0.322. The predicted octanol–water partition coefficient (Wildman–Crippen LogP) is 2.02. The first kappa shape index (κ1) is 13.5. The van der Waals surface area contributed by atoms with Gasteiger partial charge in [-0.3, -0.25) is 4.79 Å². The Bertz CT molecular complexity index is 208. The molecule has 0 saturated carbocycles. The van der Waals surface area contributed by atoms with Crippen molar-refractivity contribution in [3.63, 3.8) is 0 Å². The smallest absolute Gasteiger partial charge is 0.222 e. The highest BCUT2D eigenvalue weighted by Crippen LogP contribution is 2.17. The lowest BCUT2D eigenvalue weighted by Gasteiger charge is -2.29. The third kappa shape index (κ3) is 3.78. The molecule has 1 heterocycles. The van der Waals surface area contributed by atoms with Crippen molar-refractivity contribution in [2.45, 2.75) is 52.0 Å². The predicted molar refractivity (Wildman–Crippen MR) is 67.4 cm³/mol. The van der Waals surface area contributed by atoms with Gasteiger partial charge in [0.05, 0.1) is 0 Å². The molecule has 16 heavy (non-hydrogen) atoms. The van der Waals surface area contributed by atoms with Gasteiger partial charge in [-0.1, -0.05) is 13.8 Å². The Hall–Kier alpha value is -0.570. The molecule has 1 saturated heterocycles. The third-order valence-corrected chi connectivity index (χ3v) is 3.75. The summed E-state index contributed by atoms with van der Waals surface area (Å²) in [4.78, 5) is 14.0. The van der Waals surface area contributed by atoms with Crippen LogP contribution in [0.25, 0.3) is 0 Å². The van der Waals surface area contributed by atoms with E-state index in [4.69, 9.17) is 0 Å². The lowest BCUT2D eigenvalue weighted by atomic mass is 9.95. The van der Waals surface area contributed by atoms with Crippen LogP contribution in [0.3, 0.4) is 0 Å². The molecule has 3 nitrogen and oxygen atoms in total. The van der Waals surface area contributed by atoms with Gasteiger partial charge in [0.15, 0.2) is 0 Å². The summed E-state index contributed by atoms with van der Waals surface area (Å²) < 4.78 is 0. The maximum Gasteiger partial charge on any atom is 0.222 e. The van der Waals surface area contributed by atoms with Crippen LogP contribution in [0.1, 0.15) is 46.0 Å². The molecule has 0 radical (unpaired) electrons. The summed E-state index contributed by atoms with van der Waals surface area (Å²) in [5.41, 5.74) is 0. The lowest BCUT2D eigenvalue weighted by Crippen LogP contribution is -2.39. The number of rotatable bonds is 5. The SMILES string of the molecule is CCC(CC)N(C)C(=O)CC1CCCNC1. The van der Waals surface area contributed by atoms with E-state index in [9.17, 15) is 4.79 Å². The molecule has 1 unspecified atom stereocenters. The van der Waals surface area contributed by atoms with Crippen LogP contribution in [0, 0.1) is 5.92 Å². The number of hydrogen-bond donors (Lipinski definition) is 1. The van der Waals surface area contributed by atoms with Crippen LogP contribution in [0.4, 0.5) is 0 Å². The fraction of sp³-hybridized carbons (Fsp3) is 0.923. The monoisotopic (exact) mass is 226 g/mol. The molecule has 1 aliphatic rings. The third-order valence-electron chi connectivity index (χ3n) is 3.75. The molecule has 94 valence electrons. The summed E-state index contributed by atoms with van der Waals surface area (Å²) in [5, 5.41) is 3.37. The molecule has 0 aromatic carbocycles. The van der Waals surface area contributed by atoms with Crippen molar-refractivity contribution in [2.75, 3.05) is 20.1 Å².